The average molecular weight is 223 g/mol. The largest absolute Gasteiger partial charge is 0.382 e. The Kier molecular flexibility index (Phi) is 4.81. The minimum Gasteiger partial charge on any atom is -0.382 e. The summed E-state index contributed by atoms with van der Waals surface area (Å²) in [5, 5.41) is 9.67. The van der Waals surface area contributed by atoms with Crippen LogP contribution in [0.4, 0.5) is 0 Å². The van der Waals surface area contributed by atoms with E-state index in [1.54, 1.807) is 0 Å². The molecule has 15 heavy (non-hydrogen) atoms. The van der Waals surface area contributed by atoms with Crippen LogP contribution in [0.5, 0.6) is 0 Å². The molecular weight excluding hydrogens is 206 g/mol. The molecule has 0 aliphatic carbocycles. The Morgan fingerprint density at radius 3 is 2.47 bits per heavy atom. The summed E-state index contributed by atoms with van der Waals surface area (Å²) in [6, 6.07) is 8.27. The molecule has 0 saturated carbocycles. The van der Waals surface area contributed by atoms with E-state index in [4.69, 9.17) is 5.21 Å². The van der Waals surface area contributed by atoms with E-state index in [-0.39, 0.29) is 6.04 Å². The summed E-state index contributed by atoms with van der Waals surface area (Å²) >= 11 is 0. The van der Waals surface area contributed by atoms with Crippen LogP contribution in [0.3, 0.4) is 0 Å². The number of nitrogens with one attached hydrogen (secondary N) is 1. The highest BCUT2D eigenvalue weighted by Gasteiger charge is 2.08. The number of hydrogen-bond acceptors (Lipinski definition) is 3. The van der Waals surface area contributed by atoms with Crippen LogP contribution in [0, 0.1) is 0 Å². The van der Waals surface area contributed by atoms with E-state index in [0.29, 0.717) is 0 Å². The molecule has 0 radical (unpaired) electrons. The van der Waals surface area contributed by atoms with Crippen molar-refractivity contribution in [1.29, 1.82) is 0 Å². The second-order valence-electron chi connectivity index (χ2n) is 3.65. The molecule has 0 fully saturated rings. The van der Waals surface area contributed by atoms with Crippen molar-refractivity contribution in [3.8, 4) is 0 Å². The van der Waals surface area contributed by atoms with Crippen molar-refractivity contribution in [1.82, 2.24) is 5.48 Å². The van der Waals surface area contributed by atoms with Crippen LogP contribution in [-0.2, 0) is 4.46 Å². The highest BCUT2D eigenvalue weighted by Crippen LogP contribution is 2.09. The van der Waals surface area contributed by atoms with Gasteiger partial charge in [0.05, 0.1) is 6.04 Å². The fourth-order valence-electron chi connectivity index (χ4n) is 1.40. The first-order chi connectivity index (χ1) is 7.19. The molecule has 4 heteroatoms. The van der Waals surface area contributed by atoms with Crippen LogP contribution < -0.4 is 10.7 Å². The predicted molar refractivity (Wildman–Crippen MR) is 61.0 cm³/mol. The fourth-order valence-corrected chi connectivity index (χ4v) is 2.68. The number of hydrogen-bond donors (Lipinski definition) is 2. The van der Waals surface area contributed by atoms with Gasteiger partial charge in [0.2, 0.25) is 0 Å². The lowest BCUT2D eigenvalue weighted by Crippen LogP contribution is -2.21. The van der Waals surface area contributed by atoms with Crippen molar-refractivity contribution in [3.05, 3.63) is 29.8 Å². The summed E-state index contributed by atoms with van der Waals surface area (Å²) < 4.78 is 11.7. The van der Waals surface area contributed by atoms with Crippen molar-refractivity contribution in [2.45, 2.75) is 32.4 Å². The summed E-state index contributed by atoms with van der Waals surface area (Å²) in [4.78, 5) is 0. The van der Waals surface area contributed by atoms with E-state index in [0.717, 1.165) is 23.2 Å². The summed E-state index contributed by atoms with van der Waals surface area (Å²) in [7, 11) is -1.60. The number of benzene rings is 1. The van der Waals surface area contributed by atoms with E-state index in [1.165, 1.54) is 0 Å². The molecule has 0 aliphatic rings. The van der Waals surface area contributed by atoms with Crippen LogP contribution in [-0.4, -0.2) is 13.9 Å². The Hall–Kier alpha value is -0.843. The summed E-state index contributed by atoms with van der Waals surface area (Å²) in [6.07, 6.45) is 0.953. The lowest BCUT2D eigenvalue weighted by Gasteiger charge is -2.09. The second kappa shape index (κ2) is 5.90. The first-order valence-corrected chi connectivity index (χ1v) is 6.83. The van der Waals surface area contributed by atoms with Crippen LogP contribution in [0.1, 0.15) is 31.9 Å². The van der Waals surface area contributed by atoms with E-state index in [1.807, 2.05) is 38.1 Å². The molecule has 1 aromatic carbocycles. The minimum atomic E-state index is -1.60. The van der Waals surface area contributed by atoms with Crippen LogP contribution in [0.2, 0.25) is 6.04 Å². The molecule has 0 aliphatic heterocycles. The molecule has 1 rings (SSSR count). The lowest BCUT2D eigenvalue weighted by atomic mass is 10.1. The zero-order chi connectivity index (χ0) is 11.3. The maximum atomic E-state index is 11.7. The van der Waals surface area contributed by atoms with Crippen molar-refractivity contribution in [2.75, 3.05) is 0 Å². The number of hydroxylamine groups is 1. The quantitative estimate of drug-likeness (QED) is 0.591. The zero-order valence-electron chi connectivity index (χ0n) is 9.16. The Bertz CT molecular complexity index is 324. The molecule has 2 N–H and O–H groups in total. The molecule has 1 atom stereocenters. The van der Waals surface area contributed by atoms with Gasteiger partial charge >= 0.3 is 8.68 Å². The Morgan fingerprint density at radius 1 is 1.40 bits per heavy atom. The normalized spacial score (nSPS) is 12.5. The highest BCUT2D eigenvalue weighted by atomic mass is 28.3. The van der Waals surface area contributed by atoms with Crippen LogP contribution >= 0.6 is 0 Å². The van der Waals surface area contributed by atoms with Gasteiger partial charge in [-0.1, -0.05) is 37.6 Å². The predicted octanol–water partition coefficient (Wildman–Crippen LogP) is 1.77. The monoisotopic (exact) mass is 223 g/mol. The lowest BCUT2D eigenvalue weighted by molar-refractivity contribution is 0.133. The van der Waals surface area contributed by atoms with Gasteiger partial charge in [-0.2, -0.15) is 5.48 Å². The molecule has 1 unspecified atom stereocenters. The van der Waals surface area contributed by atoms with Gasteiger partial charge in [0.1, 0.15) is 0 Å². The van der Waals surface area contributed by atoms with Gasteiger partial charge < -0.3 is 9.67 Å². The summed E-state index contributed by atoms with van der Waals surface area (Å²) in [5.74, 6) is 0. The van der Waals surface area contributed by atoms with Gasteiger partial charge in [-0.05, 0) is 23.7 Å². The SMILES string of the molecule is CCC[Si](=O)c1ccc(C(C)NO)cc1. The average Bonchev–Trinajstić information content (AvgIpc) is 2.28. The van der Waals surface area contributed by atoms with E-state index >= 15 is 0 Å². The van der Waals surface area contributed by atoms with Crippen molar-refractivity contribution in [2.24, 2.45) is 0 Å². The standard InChI is InChI=1S/C11H17NO2Si/c1-3-8-15(14)11-6-4-10(5-7-11)9(2)12-13/h4-7,9,12-13H,3,8H2,1-2H3. The van der Waals surface area contributed by atoms with E-state index < -0.39 is 8.68 Å². The molecule has 82 valence electrons. The van der Waals surface area contributed by atoms with Gasteiger partial charge in [0, 0.05) is 0 Å². The van der Waals surface area contributed by atoms with Crippen molar-refractivity contribution in [3.63, 3.8) is 0 Å². The molecule has 0 spiro atoms. The minimum absolute atomic E-state index is 0.0902. The third-order valence-corrected chi connectivity index (χ3v) is 4.33. The molecule has 0 amide bonds. The summed E-state index contributed by atoms with van der Waals surface area (Å²) in [6.45, 7) is 3.90. The maximum Gasteiger partial charge on any atom is 0.311 e. The zero-order valence-corrected chi connectivity index (χ0v) is 10.2. The highest BCUT2D eigenvalue weighted by molar-refractivity contribution is 6.59. The Labute approximate surface area is 91.8 Å². The van der Waals surface area contributed by atoms with Crippen molar-refractivity contribution < 1.29 is 9.67 Å². The second-order valence-corrected chi connectivity index (χ2v) is 5.57. The Morgan fingerprint density at radius 2 is 2.00 bits per heavy atom. The molecule has 0 aromatic heterocycles. The molecule has 1 aromatic rings. The first kappa shape index (κ1) is 12.2. The third kappa shape index (κ3) is 3.34. The van der Waals surface area contributed by atoms with Gasteiger partial charge in [-0.15, -0.1) is 0 Å². The van der Waals surface area contributed by atoms with E-state index in [2.05, 4.69) is 5.48 Å². The molecule has 3 nitrogen and oxygen atoms in total. The van der Waals surface area contributed by atoms with Gasteiger partial charge in [-0.25, -0.2) is 0 Å². The Balaban J connectivity index is 2.76. The van der Waals surface area contributed by atoms with Crippen LogP contribution in [0.25, 0.3) is 0 Å². The van der Waals surface area contributed by atoms with Gasteiger partial charge in [0.25, 0.3) is 0 Å². The smallest absolute Gasteiger partial charge is 0.311 e. The maximum absolute atomic E-state index is 11.7. The van der Waals surface area contributed by atoms with E-state index in [9.17, 15) is 4.46 Å². The topological polar surface area (TPSA) is 49.3 Å². The third-order valence-electron chi connectivity index (χ3n) is 2.40. The fraction of sp³-hybridized carbons (Fsp3) is 0.455. The van der Waals surface area contributed by atoms with Gasteiger partial charge in [-0.3, -0.25) is 0 Å². The van der Waals surface area contributed by atoms with Crippen molar-refractivity contribution >= 4 is 13.9 Å². The first-order valence-electron chi connectivity index (χ1n) is 5.21. The van der Waals surface area contributed by atoms with Gasteiger partial charge in [0.15, 0.2) is 0 Å². The summed E-state index contributed by atoms with van der Waals surface area (Å²) in [5.41, 5.74) is 3.18. The molecule has 0 bridgehead atoms. The molecule has 0 heterocycles. The molecular formula is C11H17NO2Si. The van der Waals surface area contributed by atoms with Crippen LogP contribution in [0.15, 0.2) is 24.3 Å². The molecule has 0 saturated heterocycles. The number of rotatable bonds is 5.